The normalized spacial score (nSPS) is 21.9. The molecule has 0 radical (unpaired) electrons. The van der Waals surface area contributed by atoms with Gasteiger partial charge in [-0.05, 0) is 49.7 Å². The first-order valence-corrected chi connectivity index (χ1v) is 12.0. The van der Waals surface area contributed by atoms with Crippen molar-refractivity contribution in [3.63, 3.8) is 0 Å². The van der Waals surface area contributed by atoms with Crippen LogP contribution in [-0.2, 0) is 29.2 Å². The fraction of sp³-hybridized carbons (Fsp3) is 0.542. The number of hydrogen-bond donors (Lipinski definition) is 2. The third-order valence-corrected chi connectivity index (χ3v) is 7.02. The van der Waals surface area contributed by atoms with Gasteiger partial charge in [0.2, 0.25) is 11.7 Å². The Hall–Kier alpha value is -2.43. The molecule has 4 rings (SSSR count). The highest BCUT2D eigenvalue weighted by molar-refractivity contribution is 6.28. The SMILES string of the molecule is CC1CC(CCNC=O)(CCN2Cc3nc(Cl)nc(NCc4cccc(C(F)F)c4F)c3C2)CO1. The average molecular weight is 512 g/mol. The summed E-state index contributed by atoms with van der Waals surface area (Å²) in [5.41, 5.74) is 1.17. The predicted octanol–water partition coefficient (Wildman–Crippen LogP) is 4.46. The van der Waals surface area contributed by atoms with Crippen molar-refractivity contribution in [3.8, 4) is 0 Å². The van der Waals surface area contributed by atoms with Gasteiger partial charge < -0.3 is 15.4 Å². The minimum absolute atomic E-state index is 0.00183. The maximum Gasteiger partial charge on any atom is 0.266 e. The molecule has 1 aromatic carbocycles. The van der Waals surface area contributed by atoms with Gasteiger partial charge in [0, 0.05) is 37.3 Å². The Morgan fingerprint density at radius 3 is 2.86 bits per heavy atom. The molecule has 0 aliphatic carbocycles. The quantitative estimate of drug-likeness (QED) is 0.263. The third kappa shape index (κ3) is 6.05. The van der Waals surface area contributed by atoms with E-state index in [1.807, 2.05) is 0 Å². The number of carbonyl (C=O) groups is 1. The molecule has 1 fully saturated rings. The van der Waals surface area contributed by atoms with Crippen LogP contribution >= 0.6 is 11.6 Å². The monoisotopic (exact) mass is 511 g/mol. The maximum absolute atomic E-state index is 14.4. The molecule has 1 saturated heterocycles. The molecule has 2 unspecified atom stereocenters. The van der Waals surface area contributed by atoms with Crippen LogP contribution in [0.2, 0.25) is 5.28 Å². The topological polar surface area (TPSA) is 79.4 Å². The Bertz CT molecular complexity index is 1060. The van der Waals surface area contributed by atoms with Gasteiger partial charge in [0.1, 0.15) is 11.6 Å². The fourth-order valence-electron chi connectivity index (χ4n) is 4.99. The van der Waals surface area contributed by atoms with E-state index in [9.17, 15) is 18.0 Å². The van der Waals surface area contributed by atoms with E-state index in [4.69, 9.17) is 16.3 Å². The van der Waals surface area contributed by atoms with Crippen molar-refractivity contribution in [3.05, 3.63) is 51.7 Å². The van der Waals surface area contributed by atoms with Crippen LogP contribution in [0.3, 0.4) is 0 Å². The number of rotatable bonds is 11. The molecule has 2 atom stereocenters. The smallest absolute Gasteiger partial charge is 0.266 e. The first kappa shape index (κ1) is 25.7. The molecule has 3 heterocycles. The van der Waals surface area contributed by atoms with Gasteiger partial charge in [-0.2, -0.15) is 0 Å². The zero-order valence-electron chi connectivity index (χ0n) is 19.5. The molecule has 2 N–H and O–H groups in total. The van der Waals surface area contributed by atoms with E-state index < -0.39 is 17.8 Å². The van der Waals surface area contributed by atoms with E-state index >= 15 is 0 Å². The molecule has 35 heavy (non-hydrogen) atoms. The van der Waals surface area contributed by atoms with Gasteiger partial charge in [-0.15, -0.1) is 0 Å². The summed E-state index contributed by atoms with van der Waals surface area (Å²) < 4.78 is 46.4. The highest BCUT2D eigenvalue weighted by Gasteiger charge is 2.38. The number of amides is 1. The van der Waals surface area contributed by atoms with E-state index in [2.05, 4.69) is 32.4 Å². The Kier molecular flexibility index (Phi) is 8.13. The first-order valence-electron chi connectivity index (χ1n) is 11.7. The molecule has 11 heteroatoms. The van der Waals surface area contributed by atoms with Gasteiger partial charge in [0.25, 0.3) is 6.43 Å². The molecule has 190 valence electrons. The molecule has 0 saturated carbocycles. The number of ether oxygens (including phenoxy) is 1. The zero-order valence-corrected chi connectivity index (χ0v) is 20.3. The van der Waals surface area contributed by atoms with Crippen LogP contribution in [0.15, 0.2) is 18.2 Å². The highest BCUT2D eigenvalue weighted by atomic mass is 35.5. The van der Waals surface area contributed by atoms with Crippen LogP contribution in [0.5, 0.6) is 0 Å². The number of fused-ring (bicyclic) bond motifs is 1. The summed E-state index contributed by atoms with van der Waals surface area (Å²) in [6.45, 7) is 5.32. The summed E-state index contributed by atoms with van der Waals surface area (Å²) in [5.74, 6) is -0.442. The number of halogens is 4. The van der Waals surface area contributed by atoms with Gasteiger partial charge in [0.15, 0.2) is 0 Å². The minimum atomic E-state index is -2.88. The Balaban J connectivity index is 1.42. The summed E-state index contributed by atoms with van der Waals surface area (Å²) in [4.78, 5) is 21.6. The first-order chi connectivity index (χ1) is 16.8. The van der Waals surface area contributed by atoms with Crippen LogP contribution in [0, 0.1) is 11.2 Å². The Morgan fingerprint density at radius 1 is 1.31 bits per heavy atom. The number of nitrogens with one attached hydrogen (secondary N) is 2. The maximum atomic E-state index is 14.4. The van der Waals surface area contributed by atoms with Crippen LogP contribution in [0.25, 0.3) is 0 Å². The van der Waals surface area contributed by atoms with Crippen molar-refractivity contribution in [2.45, 2.75) is 58.3 Å². The lowest BCUT2D eigenvalue weighted by Crippen LogP contribution is -2.31. The van der Waals surface area contributed by atoms with Crippen molar-refractivity contribution in [1.82, 2.24) is 20.2 Å². The molecule has 2 aromatic rings. The highest BCUT2D eigenvalue weighted by Crippen LogP contribution is 2.40. The summed E-state index contributed by atoms with van der Waals surface area (Å²) >= 11 is 6.14. The van der Waals surface area contributed by atoms with Crippen molar-refractivity contribution in [2.75, 3.05) is 25.0 Å². The van der Waals surface area contributed by atoms with Gasteiger partial charge in [-0.3, -0.25) is 9.69 Å². The Labute approximate surface area is 207 Å². The second kappa shape index (κ2) is 11.1. The standard InChI is InChI=1S/C24H29ClF3N5O2/c1-15-9-24(13-35-15,5-7-29-14-34)6-8-33-11-18-19(12-33)31-23(25)32-22(18)30-10-16-3-2-4-17(20(16)26)21(27)28/h2-4,14-15,21H,5-13H2,1H3,(H,29,34)(H,30,31,32). The number of hydrogen-bond acceptors (Lipinski definition) is 6. The lowest BCUT2D eigenvalue weighted by Gasteiger charge is -2.29. The van der Waals surface area contributed by atoms with Crippen LogP contribution in [0.4, 0.5) is 19.0 Å². The van der Waals surface area contributed by atoms with Crippen molar-refractivity contribution < 1.29 is 22.7 Å². The second-order valence-corrected chi connectivity index (χ2v) is 9.69. The second-order valence-electron chi connectivity index (χ2n) is 9.35. The van der Waals surface area contributed by atoms with Gasteiger partial charge in [0.05, 0.1) is 24.0 Å². The van der Waals surface area contributed by atoms with E-state index in [0.29, 0.717) is 32.1 Å². The molecular weight excluding hydrogens is 483 g/mol. The number of nitrogens with zero attached hydrogens (tertiary/aromatic N) is 3. The van der Waals surface area contributed by atoms with E-state index in [-0.39, 0.29) is 28.9 Å². The lowest BCUT2D eigenvalue weighted by molar-refractivity contribution is -0.109. The lowest BCUT2D eigenvalue weighted by atomic mass is 9.79. The number of anilines is 1. The molecule has 7 nitrogen and oxygen atoms in total. The van der Waals surface area contributed by atoms with E-state index in [0.717, 1.165) is 49.5 Å². The molecule has 1 aromatic heterocycles. The third-order valence-electron chi connectivity index (χ3n) is 6.85. The predicted molar refractivity (Wildman–Crippen MR) is 126 cm³/mol. The van der Waals surface area contributed by atoms with Crippen molar-refractivity contribution >= 4 is 23.8 Å². The summed E-state index contributed by atoms with van der Waals surface area (Å²) in [5, 5.41) is 5.89. The molecule has 1 amide bonds. The van der Waals surface area contributed by atoms with Crippen LogP contribution in [-0.4, -0.2) is 47.1 Å². The molecule has 2 aliphatic rings. The number of alkyl halides is 2. The molecular formula is C24H29ClF3N5O2. The summed E-state index contributed by atoms with van der Waals surface area (Å²) in [6.07, 6.45) is 0.713. The molecule has 2 aliphatic heterocycles. The van der Waals surface area contributed by atoms with Crippen LogP contribution in [0.1, 0.15) is 55.0 Å². The average Bonchev–Trinajstić information content (AvgIpc) is 3.40. The van der Waals surface area contributed by atoms with Gasteiger partial charge in [-0.25, -0.2) is 23.1 Å². The Morgan fingerprint density at radius 2 is 2.14 bits per heavy atom. The molecule has 0 spiro atoms. The van der Waals surface area contributed by atoms with Crippen molar-refractivity contribution in [1.29, 1.82) is 0 Å². The number of aromatic nitrogens is 2. The minimum Gasteiger partial charge on any atom is -0.378 e. The zero-order chi connectivity index (χ0) is 25.0. The number of carbonyl (C=O) groups excluding carboxylic acids is 1. The van der Waals surface area contributed by atoms with Crippen molar-refractivity contribution in [2.24, 2.45) is 5.41 Å². The van der Waals surface area contributed by atoms with Gasteiger partial charge >= 0.3 is 0 Å². The molecule has 0 bridgehead atoms. The van der Waals surface area contributed by atoms with Crippen LogP contribution < -0.4 is 10.6 Å². The largest absolute Gasteiger partial charge is 0.378 e. The van der Waals surface area contributed by atoms with E-state index in [1.165, 1.54) is 12.1 Å². The summed E-state index contributed by atoms with van der Waals surface area (Å²) in [6, 6.07) is 3.96. The number of benzene rings is 1. The fourth-order valence-corrected chi connectivity index (χ4v) is 5.17. The van der Waals surface area contributed by atoms with E-state index in [1.54, 1.807) is 0 Å². The summed E-state index contributed by atoms with van der Waals surface area (Å²) in [7, 11) is 0. The van der Waals surface area contributed by atoms with Gasteiger partial charge in [-0.1, -0.05) is 18.2 Å².